The third-order valence-corrected chi connectivity index (χ3v) is 9.05. The largest absolute Gasteiger partial charge is 0.482 e. The summed E-state index contributed by atoms with van der Waals surface area (Å²) in [6, 6.07) is 5.19. The number of H-pyrrole nitrogens is 1. The monoisotopic (exact) mass is 598 g/mol. The van der Waals surface area contributed by atoms with Gasteiger partial charge in [0, 0.05) is 47.9 Å². The van der Waals surface area contributed by atoms with Crippen LogP contribution in [-0.2, 0) is 16.2 Å². The molecule has 1 aliphatic carbocycles. The predicted molar refractivity (Wildman–Crippen MR) is 155 cm³/mol. The van der Waals surface area contributed by atoms with Crippen molar-refractivity contribution in [1.29, 1.82) is 0 Å². The van der Waals surface area contributed by atoms with Gasteiger partial charge in [-0.3, -0.25) is 4.79 Å². The van der Waals surface area contributed by atoms with Gasteiger partial charge in [0.15, 0.2) is 16.8 Å². The molecule has 6 rings (SSSR count). The van der Waals surface area contributed by atoms with E-state index in [1.54, 1.807) is 13.0 Å². The number of nitrogens with zero attached hydrogens (tertiary/aromatic N) is 1. The number of hydrogen-bond acceptors (Lipinski definition) is 10. The molecule has 43 heavy (non-hydrogen) atoms. The predicted octanol–water partition coefficient (Wildman–Crippen LogP) is 2.01. The summed E-state index contributed by atoms with van der Waals surface area (Å²) in [5.41, 5.74) is 1.65. The van der Waals surface area contributed by atoms with Crippen molar-refractivity contribution in [2.75, 3.05) is 13.2 Å². The Balaban J connectivity index is 1.37. The maximum atomic E-state index is 13.2. The fraction of sp³-hybridized carbons (Fsp3) is 0.516. The number of ether oxygens (including phenoxy) is 1. The van der Waals surface area contributed by atoms with E-state index in [9.17, 15) is 25.2 Å². The fourth-order valence-corrected chi connectivity index (χ4v) is 6.52. The van der Waals surface area contributed by atoms with Gasteiger partial charge in [0.1, 0.15) is 54.2 Å². The first kappa shape index (κ1) is 29.8. The van der Waals surface area contributed by atoms with E-state index in [0.29, 0.717) is 34.6 Å². The first-order chi connectivity index (χ1) is 20.6. The summed E-state index contributed by atoms with van der Waals surface area (Å²) < 4.78 is 15.0. The smallest absolute Gasteiger partial charge is 0.193 e. The van der Waals surface area contributed by atoms with Crippen LogP contribution >= 0.6 is 0 Å². The molecular weight excluding hydrogens is 560 g/mol. The second-order valence-electron chi connectivity index (χ2n) is 12.0. The molecule has 1 saturated carbocycles. The lowest BCUT2D eigenvalue weighted by molar-refractivity contribution is -0.364. The summed E-state index contributed by atoms with van der Waals surface area (Å²) >= 11 is 0. The van der Waals surface area contributed by atoms with Gasteiger partial charge in [0.2, 0.25) is 0 Å². The van der Waals surface area contributed by atoms with Gasteiger partial charge >= 0.3 is 0 Å². The number of aromatic amines is 1. The molecule has 4 heterocycles. The normalized spacial score (nSPS) is 23.7. The van der Waals surface area contributed by atoms with Gasteiger partial charge in [-0.1, -0.05) is 12.8 Å². The maximum absolute atomic E-state index is 13.2. The lowest BCUT2D eigenvalue weighted by Crippen LogP contribution is -2.55. The summed E-state index contributed by atoms with van der Waals surface area (Å²) in [5, 5.41) is 50.5. The Morgan fingerprint density at radius 3 is 2.58 bits per heavy atom. The first-order valence-electron chi connectivity index (χ1n) is 14.7. The summed E-state index contributed by atoms with van der Waals surface area (Å²) in [4.78, 5) is 27.7. The minimum Gasteiger partial charge on any atom is -0.482 e. The number of hydrogen-bond donors (Lipinski definition) is 6. The Hall–Kier alpha value is -3.23. The number of aryl methyl sites for hydroxylation is 1. The standard InChI is InChI=1S/C31H38N2O10/c1-16-9-22(35)20-10-18-11-25(43-40-15-24(37)28(39)27(38)23(36)14-34)31(2,19-5-3-4-6-19)42-29(18)26(30(20)41-16)33-12-17-7-8-32-21(17)13-33/h7-10,12-13,19,23-25,27-28,32,34,36-39H,3-6,11,14-15H2,1-2H3. The van der Waals surface area contributed by atoms with Gasteiger partial charge in [0.25, 0.3) is 0 Å². The molecule has 6 atom stereocenters. The highest BCUT2D eigenvalue weighted by atomic mass is 17.2. The molecule has 1 aliphatic heterocycles. The van der Waals surface area contributed by atoms with E-state index < -0.39 is 49.3 Å². The Morgan fingerprint density at radius 2 is 1.86 bits per heavy atom. The van der Waals surface area contributed by atoms with E-state index in [4.69, 9.17) is 24.0 Å². The van der Waals surface area contributed by atoms with Crippen molar-refractivity contribution in [3.05, 3.63) is 58.3 Å². The minimum absolute atomic E-state index is 0.124. The molecule has 0 saturated heterocycles. The van der Waals surface area contributed by atoms with Crippen molar-refractivity contribution < 1.29 is 44.5 Å². The average molecular weight is 599 g/mol. The van der Waals surface area contributed by atoms with Crippen molar-refractivity contribution in [2.24, 2.45) is 5.92 Å². The zero-order chi connectivity index (χ0) is 30.5. The van der Waals surface area contributed by atoms with E-state index >= 15 is 0 Å². The van der Waals surface area contributed by atoms with Crippen LogP contribution in [0.1, 0.15) is 43.9 Å². The molecule has 2 aliphatic rings. The molecule has 0 radical (unpaired) electrons. The van der Waals surface area contributed by atoms with E-state index in [-0.39, 0.29) is 11.3 Å². The number of fused-ring (bicyclic) bond motifs is 3. The van der Waals surface area contributed by atoms with E-state index in [0.717, 1.165) is 42.1 Å². The van der Waals surface area contributed by atoms with Crippen LogP contribution < -0.4 is 10.2 Å². The average Bonchev–Trinajstić information content (AvgIpc) is 3.74. The van der Waals surface area contributed by atoms with Crippen LogP contribution in [0.2, 0.25) is 0 Å². The Labute approximate surface area is 247 Å². The van der Waals surface area contributed by atoms with Crippen LogP contribution in [0.4, 0.5) is 0 Å². The van der Waals surface area contributed by atoms with E-state index in [1.165, 1.54) is 6.07 Å². The summed E-state index contributed by atoms with van der Waals surface area (Å²) in [5.74, 6) is 1.20. The minimum atomic E-state index is -1.78. The van der Waals surface area contributed by atoms with Crippen LogP contribution in [0.5, 0.6) is 5.75 Å². The highest BCUT2D eigenvalue weighted by Crippen LogP contribution is 2.48. The highest BCUT2D eigenvalue weighted by molar-refractivity contribution is 5.91. The van der Waals surface area contributed by atoms with Gasteiger partial charge < -0.3 is 44.2 Å². The van der Waals surface area contributed by atoms with E-state index in [2.05, 4.69) is 4.98 Å². The fourth-order valence-electron chi connectivity index (χ4n) is 6.52. The first-order valence-corrected chi connectivity index (χ1v) is 14.7. The molecule has 3 aromatic heterocycles. The zero-order valence-corrected chi connectivity index (χ0v) is 24.1. The van der Waals surface area contributed by atoms with Crippen LogP contribution in [-0.4, -0.2) is 84.4 Å². The quantitative estimate of drug-likeness (QED) is 0.117. The number of nitrogens with one attached hydrogen (secondary N) is 1. The second-order valence-corrected chi connectivity index (χ2v) is 12.0. The van der Waals surface area contributed by atoms with Gasteiger partial charge in [-0.05, 0) is 38.8 Å². The number of benzene rings is 1. The number of aliphatic hydroxyl groups excluding tert-OH is 5. The van der Waals surface area contributed by atoms with Crippen LogP contribution in [0.25, 0.3) is 27.6 Å². The Bertz CT molecular complexity index is 1630. The highest BCUT2D eigenvalue weighted by Gasteiger charge is 2.50. The second kappa shape index (κ2) is 11.7. The molecule has 1 fully saturated rings. The molecule has 6 N–H and O–H groups in total. The lowest BCUT2D eigenvalue weighted by atomic mass is 9.78. The van der Waals surface area contributed by atoms with Crippen molar-refractivity contribution in [3.63, 3.8) is 0 Å². The third kappa shape index (κ3) is 5.37. The van der Waals surface area contributed by atoms with Gasteiger partial charge in [0.05, 0.1) is 17.5 Å². The van der Waals surface area contributed by atoms with Crippen molar-refractivity contribution in [1.82, 2.24) is 9.55 Å². The van der Waals surface area contributed by atoms with Gasteiger partial charge in [-0.25, -0.2) is 9.78 Å². The van der Waals surface area contributed by atoms with E-state index in [1.807, 2.05) is 36.1 Å². The van der Waals surface area contributed by atoms with Crippen molar-refractivity contribution >= 4 is 21.9 Å². The molecule has 232 valence electrons. The van der Waals surface area contributed by atoms with Gasteiger partial charge in [-0.2, -0.15) is 0 Å². The molecule has 12 nitrogen and oxygen atoms in total. The summed E-state index contributed by atoms with van der Waals surface area (Å²) in [7, 11) is 0. The molecule has 1 aromatic carbocycles. The number of rotatable bonds is 10. The van der Waals surface area contributed by atoms with Crippen molar-refractivity contribution in [2.45, 2.75) is 82.1 Å². The topological polar surface area (TPSA) is 180 Å². The van der Waals surface area contributed by atoms with Crippen molar-refractivity contribution in [3.8, 4) is 11.4 Å². The Morgan fingerprint density at radius 1 is 1.12 bits per heavy atom. The molecule has 0 amide bonds. The summed E-state index contributed by atoms with van der Waals surface area (Å²) in [6.45, 7) is 2.42. The van der Waals surface area contributed by atoms with Crippen LogP contribution in [0, 0.1) is 12.8 Å². The SMILES string of the molecule is Cc1cc(=O)c2cc3c(c(-n4cc5cc[nH]c5c4)c2o1)OC(C)(C1CCCC1)C(OOCC(O)C(O)C(O)C(O)CO)C3. The number of aliphatic hydroxyl groups is 5. The zero-order valence-electron chi connectivity index (χ0n) is 24.1. The molecular formula is C31H38N2O10. The molecule has 12 heteroatoms. The third-order valence-electron chi connectivity index (χ3n) is 9.05. The number of aromatic nitrogens is 2. The lowest BCUT2D eigenvalue weighted by Gasteiger charge is -2.45. The molecule has 6 unspecified atom stereocenters. The maximum Gasteiger partial charge on any atom is 0.193 e. The van der Waals surface area contributed by atoms with Crippen LogP contribution in [0.3, 0.4) is 0 Å². The molecule has 4 aromatic rings. The molecule has 0 bridgehead atoms. The summed E-state index contributed by atoms with van der Waals surface area (Å²) in [6.07, 6.45) is 2.56. The molecule has 0 spiro atoms. The van der Waals surface area contributed by atoms with Gasteiger partial charge in [-0.15, -0.1) is 0 Å². The van der Waals surface area contributed by atoms with Crippen LogP contribution in [0.15, 0.2) is 46.0 Å². The Kier molecular flexibility index (Phi) is 8.11.